The maximum atomic E-state index is 9.35. The van der Waals surface area contributed by atoms with Gasteiger partial charge in [0, 0.05) is 0 Å². The Balaban J connectivity index is 1.71. The molecule has 0 saturated carbocycles. The van der Waals surface area contributed by atoms with Crippen LogP contribution in [0.15, 0.2) is 24.8 Å². The van der Waals surface area contributed by atoms with E-state index in [-0.39, 0.29) is 31.0 Å². The molecule has 0 unspecified atom stereocenters. The van der Waals surface area contributed by atoms with Crippen molar-refractivity contribution in [1.82, 2.24) is 0 Å². The summed E-state index contributed by atoms with van der Waals surface area (Å²) < 4.78 is 10.3. The van der Waals surface area contributed by atoms with Crippen molar-refractivity contribution in [2.24, 2.45) is 0 Å². The van der Waals surface area contributed by atoms with E-state index in [2.05, 4.69) is 6.58 Å². The zero-order valence-corrected chi connectivity index (χ0v) is 8.77. The highest BCUT2D eigenvalue weighted by Gasteiger charge is 2.45. The summed E-state index contributed by atoms with van der Waals surface area (Å²) >= 11 is 0. The molecular formula is C11H16O5. The number of hydrogen-bond donors (Lipinski definition) is 3. The van der Waals surface area contributed by atoms with Gasteiger partial charge in [0.05, 0.1) is 6.61 Å². The van der Waals surface area contributed by atoms with Crippen LogP contribution in [0.4, 0.5) is 0 Å². The van der Waals surface area contributed by atoms with Crippen LogP contribution in [-0.4, -0.2) is 58.6 Å². The second kappa shape index (κ2) is 4.65. The smallest absolute Gasteiger partial charge is 0.118 e. The number of aliphatic hydroxyl groups is 3. The minimum absolute atomic E-state index is 0.107. The Labute approximate surface area is 93.6 Å². The summed E-state index contributed by atoms with van der Waals surface area (Å²) in [6.07, 6.45) is 2.74. The largest absolute Gasteiger partial charge is 0.394 e. The highest BCUT2D eigenvalue weighted by molar-refractivity contribution is 5.13. The predicted molar refractivity (Wildman–Crippen MR) is 55.8 cm³/mol. The number of hydrogen-bond acceptors (Lipinski definition) is 5. The molecule has 16 heavy (non-hydrogen) atoms. The van der Waals surface area contributed by atoms with Gasteiger partial charge < -0.3 is 24.8 Å². The Morgan fingerprint density at radius 1 is 1.12 bits per heavy atom. The Morgan fingerprint density at radius 2 is 1.69 bits per heavy atom. The molecule has 2 rings (SSSR count). The number of epoxide rings is 2. The maximum Gasteiger partial charge on any atom is 0.118 e. The van der Waals surface area contributed by atoms with E-state index in [0.717, 1.165) is 0 Å². The van der Waals surface area contributed by atoms with Gasteiger partial charge in [0.2, 0.25) is 0 Å². The van der Waals surface area contributed by atoms with E-state index < -0.39 is 12.2 Å². The van der Waals surface area contributed by atoms with Crippen molar-refractivity contribution in [2.75, 3.05) is 6.61 Å². The lowest BCUT2D eigenvalue weighted by atomic mass is 10.1. The van der Waals surface area contributed by atoms with Crippen molar-refractivity contribution in [1.29, 1.82) is 0 Å². The molecule has 0 aromatic heterocycles. The van der Waals surface area contributed by atoms with Gasteiger partial charge in [-0.05, 0) is 0 Å². The van der Waals surface area contributed by atoms with Gasteiger partial charge in [-0.2, -0.15) is 0 Å². The van der Waals surface area contributed by atoms with Crippen molar-refractivity contribution in [2.45, 2.75) is 36.6 Å². The van der Waals surface area contributed by atoms with Crippen molar-refractivity contribution in [3.63, 3.8) is 0 Å². The summed E-state index contributed by atoms with van der Waals surface area (Å²) in [5, 5.41) is 27.3. The first-order valence-electron chi connectivity index (χ1n) is 5.26. The third-order valence-electron chi connectivity index (χ3n) is 2.76. The van der Waals surface area contributed by atoms with Crippen LogP contribution in [0, 0.1) is 0 Å². The summed E-state index contributed by atoms with van der Waals surface area (Å²) in [6, 6.07) is 0. The van der Waals surface area contributed by atoms with Crippen LogP contribution in [0.2, 0.25) is 0 Å². The molecule has 0 spiro atoms. The second-order valence-corrected chi connectivity index (χ2v) is 3.99. The zero-order chi connectivity index (χ0) is 11.7. The molecule has 2 saturated heterocycles. The molecule has 0 aromatic carbocycles. The highest BCUT2D eigenvalue weighted by Crippen LogP contribution is 2.31. The van der Waals surface area contributed by atoms with Crippen molar-refractivity contribution in [3.05, 3.63) is 24.8 Å². The van der Waals surface area contributed by atoms with Gasteiger partial charge in [-0.1, -0.05) is 18.2 Å². The average molecular weight is 228 g/mol. The highest BCUT2D eigenvalue weighted by atomic mass is 16.6. The van der Waals surface area contributed by atoms with Crippen LogP contribution in [0.25, 0.3) is 0 Å². The van der Waals surface area contributed by atoms with Gasteiger partial charge in [-0.15, -0.1) is 6.58 Å². The van der Waals surface area contributed by atoms with E-state index in [0.29, 0.717) is 0 Å². The molecule has 0 aromatic rings. The van der Waals surface area contributed by atoms with Gasteiger partial charge in [0.15, 0.2) is 0 Å². The van der Waals surface area contributed by atoms with Crippen LogP contribution in [-0.2, 0) is 9.47 Å². The van der Waals surface area contributed by atoms with Gasteiger partial charge in [0.25, 0.3) is 0 Å². The summed E-state index contributed by atoms with van der Waals surface area (Å²) in [5.41, 5.74) is 0. The molecule has 5 nitrogen and oxygen atoms in total. The van der Waals surface area contributed by atoms with Gasteiger partial charge in [0.1, 0.15) is 36.6 Å². The summed E-state index contributed by atoms with van der Waals surface area (Å²) in [4.78, 5) is 0. The maximum absolute atomic E-state index is 9.35. The Bertz CT molecular complexity index is 290. The third kappa shape index (κ3) is 2.50. The normalized spacial score (nSPS) is 40.7. The van der Waals surface area contributed by atoms with Gasteiger partial charge in [-0.3, -0.25) is 0 Å². The molecule has 90 valence electrons. The lowest BCUT2D eigenvalue weighted by Crippen LogP contribution is -2.20. The third-order valence-corrected chi connectivity index (χ3v) is 2.76. The summed E-state index contributed by atoms with van der Waals surface area (Å²) in [5.74, 6) is 0. The fourth-order valence-electron chi connectivity index (χ4n) is 1.62. The quantitative estimate of drug-likeness (QED) is 0.400. The Hall–Kier alpha value is -0.720. The number of ether oxygens (including phenoxy) is 2. The molecular weight excluding hydrogens is 212 g/mol. The molecule has 5 heteroatoms. The van der Waals surface area contributed by atoms with Crippen LogP contribution < -0.4 is 0 Å². The summed E-state index contributed by atoms with van der Waals surface area (Å²) in [6.45, 7) is 3.17. The zero-order valence-electron chi connectivity index (χ0n) is 8.77. The molecule has 2 heterocycles. The standard InChI is InChI=1S/C11H16O5/c1-2-6(13)10-8(15-10)3-4-9-11(16-9)7(14)5-12/h2-4,6-14H,1,5H2/b4-3+/t6-,7-,8+,9+,10+,11+/m1/s1. The second-order valence-electron chi connectivity index (χ2n) is 3.99. The topological polar surface area (TPSA) is 85.8 Å². The molecule has 0 amide bonds. The summed E-state index contributed by atoms with van der Waals surface area (Å²) in [7, 11) is 0. The van der Waals surface area contributed by atoms with Crippen LogP contribution in [0.5, 0.6) is 0 Å². The molecule has 0 bridgehead atoms. The first-order chi connectivity index (χ1) is 7.67. The molecule has 6 atom stereocenters. The minimum Gasteiger partial charge on any atom is -0.394 e. The molecule has 2 aliphatic heterocycles. The number of aliphatic hydroxyl groups excluding tert-OH is 3. The molecule has 2 fully saturated rings. The van der Waals surface area contributed by atoms with Gasteiger partial charge >= 0.3 is 0 Å². The molecule has 3 N–H and O–H groups in total. The Kier molecular flexibility index (Phi) is 3.41. The predicted octanol–water partition coefficient (Wildman–Crippen LogP) is -1.02. The SMILES string of the molecule is C=C[C@@H](O)[C@@H]1O[C@H]1/C=C/[C@@H]1O[C@H]1[C@H](O)CO. The fourth-order valence-corrected chi connectivity index (χ4v) is 1.62. The first kappa shape index (κ1) is 11.8. The lowest BCUT2D eigenvalue weighted by molar-refractivity contribution is 0.0706. The van der Waals surface area contributed by atoms with Gasteiger partial charge in [-0.25, -0.2) is 0 Å². The van der Waals surface area contributed by atoms with E-state index in [9.17, 15) is 10.2 Å². The lowest BCUT2D eigenvalue weighted by Gasteiger charge is -1.99. The first-order valence-corrected chi connectivity index (χ1v) is 5.26. The van der Waals surface area contributed by atoms with Crippen LogP contribution in [0.1, 0.15) is 0 Å². The van der Waals surface area contributed by atoms with E-state index in [1.54, 1.807) is 12.2 Å². The molecule has 0 aliphatic carbocycles. The van der Waals surface area contributed by atoms with Crippen LogP contribution >= 0.6 is 0 Å². The van der Waals surface area contributed by atoms with Crippen molar-refractivity contribution >= 4 is 0 Å². The molecule has 2 aliphatic rings. The van der Waals surface area contributed by atoms with Crippen molar-refractivity contribution < 1.29 is 24.8 Å². The number of rotatable bonds is 6. The monoisotopic (exact) mass is 228 g/mol. The minimum atomic E-state index is -0.829. The molecule has 0 radical (unpaired) electrons. The fraction of sp³-hybridized carbons (Fsp3) is 0.636. The average Bonchev–Trinajstić information content (AvgIpc) is 3.17. The van der Waals surface area contributed by atoms with E-state index in [1.165, 1.54) is 6.08 Å². The van der Waals surface area contributed by atoms with E-state index in [4.69, 9.17) is 14.6 Å². The van der Waals surface area contributed by atoms with Crippen molar-refractivity contribution in [3.8, 4) is 0 Å². The van der Waals surface area contributed by atoms with E-state index >= 15 is 0 Å². The van der Waals surface area contributed by atoms with E-state index in [1.807, 2.05) is 0 Å². The van der Waals surface area contributed by atoms with Crippen LogP contribution in [0.3, 0.4) is 0 Å². The Morgan fingerprint density at radius 3 is 2.25 bits per heavy atom.